The second-order valence-electron chi connectivity index (χ2n) is 2.51. The van der Waals surface area contributed by atoms with Crippen molar-refractivity contribution in [1.29, 1.82) is 0 Å². The molecule has 14 heavy (non-hydrogen) atoms. The predicted molar refractivity (Wildman–Crippen MR) is 45.5 cm³/mol. The number of rotatable bonds is 3. The Morgan fingerprint density at radius 1 is 1.64 bits per heavy atom. The SMILES string of the molecule is COc1c([N+](=O)[O-])ccc(CO)c1F. The molecule has 1 aromatic carbocycles. The summed E-state index contributed by atoms with van der Waals surface area (Å²) in [7, 11) is 1.13. The van der Waals surface area contributed by atoms with Gasteiger partial charge in [-0.1, -0.05) is 0 Å². The van der Waals surface area contributed by atoms with E-state index in [0.717, 1.165) is 19.2 Å². The van der Waals surface area contributed by atoms with Crippen LogP contribution in [0, 0.1) is 15.9 Å². The zero-order valence-electron chi connectivity index (χ0n) is 7.36. The first-order valence-corrected chi connectivity index (χ1v) is 3.72. The molecule has 6 heteroatoms. The minimum absolute atomic E-state index is 0.0348. The first-order valence-electron chi connectivity index (χ1n) is 3.72. The van der Waals surface area contributed by atoms with E-state index >= 15 is 0 Å². The molecule has 0 radical (unpaired) electrons. The highest BCUT2D eigenvalue weighted by Gasteiger charge is 2.21. The topological polar surface area (TPSA) is 72.6 Å². The van der Waals surface area contributed by atoms with Crippen molar-refractivity contribution in [3.63, 3.8) is 0 Å². The number of hydrogen-bond acceptors (Lipinski definition) is 4. The summed E-state index contributed by atoms with van der Waals surface area (Å²) in [5.41, 5.74) is -0.491. The normalized spacial score (nSPS) is 9.93. The molecule has 1 aromatic rings. The molecule has 0 aliphatic heterocycles. The van der Waals surface area contributed by atoms with E-state index in [4.69, 9.17) is 5.11 Å². The summed E-state index contributed by atoms with van der Waals surface area (Å²) in [6, 6.07) is 2.24. The molecule has 0 aromatic heterocycles. The van der Waals surface area contributed by atoms with Crippen LogP contribution in [0.5, 0.6) is 5.75 Å². The molecule has 0 aliphatic carbocycles. The van der Waals surface area contributed by atoms with E-state index in [1.807, 2.05) is 0 Å². The fraction of sp³-hybridized carbons (Fsp3) is 0.250. The molecule has 0 unspecified atom stereocenters. The highest BCUT2D eigenvalue weighted by molar-refractivity contribution is 5.49. The van der Waals surface area contributed by atoms with E-state index < -0.39 is 28.8 Å². The summed E-state index contributed by atoms with van der Waals surface area (Å²) in [6.07, 6.45) is 0. The van der Waals surface area contributed by atoms with Crippen molar-refractivity contribution in [2.24, 2.45) is 0 Å². The molecule has 76 valence electrons. The number of benzene rings is 1. The van der Waals surface area contributed by atoms with Gasteiger partial charge in [-0.2, -0.15) is 0 Å². The molecule has 0 spiro atoms. The maximum Gasteiger partial charge on any atom is 0.314 e. The molecule has 0 saturated carbocycles. The van der Waals surface area contributed by atoms with Gasteiger partial charge in [0, 0.05) is 11.6 Å². The molecule has 0 fully saturated rings. The van der Waals surface area contributed by atoms with Crippen molar-refractivity contribution in [1.82, 2.24) is 0 Å². The second-order valence-corrected chi connectivity index (χ2v) is 2.51. The van der Waals surface area contributed by atoms with Gasteiger partial charge in [0.1, 0.15) is 0 Å². The van der Waals surface area contributed by atoms with Crippen molar-refractivity contribution < 1.29 is 19.2 Å². The fourth-order valence-corrected chi connectivity index (χ4v) is 1.05. The molecule has 0 saturated heterocycles. The van der Waals surface area contributed by atoms with Crippen molar-refractivity contribution in [3.05, 3.63) is 33.6 Å². The third-order valence-corrected chi connectivity index (χ3v) is 1.73. The standard InChI is InChI=1S/C8H8FNO4/c1-14-8-6(10(12)13)3-2-5(4-11)7(8)9/h2-3,11H,4H2,1H3. The van der Waals surface area contributed by atoms with Crippen LogP contribution >= 0.6 is 0 Å². The van der Waals surface area contributed by atoms with Crippen molar-refractivity contribution >= 4 is 5.69 Å². The lowest BCUT2D eigenvalue weighted by Gasteiger charge is -2.05. The Morgan fingerprint density at radius 3 is 2.71 bits per heavy atom. The average molecular weight is 201 g/mol. The molecule has 0 bridgehead atoms. The summed E-state index contributed by atoms with van der Waals surface area (Å²) >= 11 is 0. The molecule has 0 heterocycles. The van der Waals surface area contributed by atoms with Crippen LogP contribution in [-0.4, -0.2) is 17.1 Å². The van der Waals surface area contributed by atoms with E-state index in [1.54, 1.807) is 0 Å². The van der Waals surface area contributed by atoms with E-state index in [2.05, 4.69) is 4.74 Å². The largest absolute Gasteiger partial charge is 0.488 e. The average Bonchev–Trinajstić information content (AvgIpc) is 2.17. The van der Waals surface area contributed by atoms with Crippen LogP contribution in [0.1, 0.15) is 5.56 Å². The van der Waals surface area contributed by atoms with Gasteiger partial charge in [0.25, 0.3) is 0 Å². The van der Waals surface area contributed by atoms with Crippen LogP contribution in [-0.2, 0) is 6.61 Å². The van der Waals surface area contributed by atoms with Crippen LogP contribution in [0.4, 0.5) is 10.1 Å². The van der Waals surface area contributed by atoms with Crippen molar-refractivity contribution in [2.75, 3.05) is 7.11 Å². The molecule has 0 aliphatic rings. The highest BCUT2D eigenvalue weighted by atomic mass is 19.1. The highest BCUT2D eigenvalue weighted by Crippen LogP contribution is 2.31. The first-order chi connectivity index (χ1) is 6.61. The smallest absolute Gasteiger partial charge is 0.314 e. The zero-order chi connectivity index (χ0) is 10.7. The Bertz CT molecular complexity index is 367. The number of hydrogen-bond donors (Lipinski definition) is 1. The van der Waals surface area contributed by atoms with E-state index in [-0.39, 0.29) is 5.56 Å². The van der Waals surface area contributed by atoms with Gasteiger partial charge in [0.15, 0.2) is 5.82 Å². The number of aliphatic hydroxyl groups excluding tert-OH is 1. The van der Waals surface area contributed by atoms with E-state index in [0.29, 0.717) is 0 Å². The number of aliphatic hydroxyl groups is 1. The molecule has 0 atom stereocenters. The predicted octanol–water partition coefficient (Wildman–Crippen LogP) is 1.23. The first kappa shape index (κ1) is 10.4. The molecule has 1 N–H and O–H groups in total. The van der Waals surface area contributed by atoms with Gasteiger partial charge < -0.3 is 9.84 Å². The van der Waals surface area contributed by atoms with E-state index in [9.17, 15) is 14.5 Å². The maximum atomic E-state index is 13.3. The Kier molecular flexibility index (Phi) is 2.98. The van der Waals surface area contributed by atoms with Crippen LogP contribution in [0.15, 0.2) is 12.1 Å². The second kappa shape index (κ2) is 4.01. The summed E-state index contributed by atoms with van der Waals surface area (Å²) in [6.45, 7) is -0.528. The number of methoxy groups -OCH3 is 1. The summed E-state index contributed by atoms with van der Waals surface area (Å²) in [5, 5.41) is 19.1. The summed E-state index contributed by atoms with van der Waals surface area (Å²) in [5.74, 6) is -1.36. The maximum absolute atomic E-state index is 13.3. The monoisotopic (exact) mass is 201 g/mol. The van der Waals surface area contributed by atoms with Gasteiger partial charge in [-0.25, -0.2) is 4.39 Å². The lowest BCUT2D eigenvalue weighted by molar-refractivity contribution is -0.386. The van der Waals surface area contributed by atoms with Crippen LogP contribution in [0.2, 0.25) is 0 Å². The summed E-state index contributed by atoms with van der Waals surface area (Å²) < 4.78 is 17.9. The lowest BCUT2D eigenvalue weighted by atomic mass is 10.2. The molecular weight excluding hydrogens is 193 g/mol. The Morgan fingerprint density at radius 2 is 2.29 bits per heavy atom. The van der Waals surface area contributed by atoms with Crippen LogP contribution < -0.4 is 4.74 Å². The van der Waals surface area contributed by atoms with Gasteiger partial charge >= 0.3 is 5.69 Å². The van der Waals surface area contributed by atoms with Gasteiger partial charge in [-0.05, 0) is 6.07 Å². The lowest BCUT2D eigenvalue weighted by Crippen LogP contribution is -2.00. The minimum Gasteiger partial charge on any atom is -0.488 e. The minimum atomic E-state index is -0.899. The number of nitrogens with zero attached hydrogens (tertiary/aromatic N) is 1. The van der Waals surface area contributed by atoms with Crippen LogP contribution in [0.3, 0.4) is 0 Å². The van der Waals surface area contributed by atoms with Crippen LogP contribution in [0.25, 0.3) is 0 Å². The zero-order valence-corrected chi connectivity index (χ0v) is 7.36. The molecule has 1 rings (SSSR count). The summed E-state index contributed by atoms with van der Waals surface area (Å²) in [4.78, 5) is 9.68. The Labute approximate surface area is 78.9 Å². The molecular formula is C8H8FNO4. The number of ether oxygens (including phenoxy) is 1. The number of halogens is 1. The number of nitro groups is 1. The third kappa shape index (κ3) is 1.64. The number of nitro benzene ring substituents is 1. The molecule has 0 amide bonds. The van der Waals surface area contributed by atoms with Gasteiger partial charge in [-0.15, -0.1) is 0 Å². The van der Waals surface area contributed by atoms with E-state index in [1.165, 1.54) is 0 Å². The van der Waals surface area contributed by atoms with Gasteiger partial charge in [0.05, 0.1) is 18.6 Å². The fourth-order valence-electron chi connectivity index (χ4n) is 1.05. The Hall–Kier alpha value is -1.69. The van der Waals surface area contributed by atoms with Gasteiger partial charge in [0.2, 0.25) is 5.75 Å². The van der Waals surface area contributed by atoms with Gasteiger partial charge in [-0.3, -0.25) is 10.1 Å². The van der Waals surface area contributed by atoms with Crippen molar-refractivity contribution in [3.8, 4) is 5.75 Å². The molecule has 5 nitrogen and oxygen atoms in total. The third-order valence-electron chi connectivity index (χ3n) is 1.73. The van der Waals surface area contributed by atoms with Crippen molar-refractivity contribution in [2.45, 2.75) is 6.61 Å². The quantitative estimate of drug-likeness (QED) is 0.589. The Balaban J connectivity index is 3.35.